The second-order valence-electron chi connectivity index (χ2n) is 7.85. The van der Waals surface area contributed by atoms with Crippen LogP contribution in [0.2, 0.25) is 5.02 Å². The Morgan fingerprint density at radius 2 is 1.95 bits per heavy atom. The Hall–Kier alpha value is -3.47. The smallest absolute Gasteiger partial charge is 0.283 e. The molecule has 2 aliphatic rings. The number of nitrogens with one attached hydrogen (secondary N) is 1. The number of benzene rings is 3. The highest BCUT2D eigenvalue weighted by atomic mass is 79.9. The molecule has 1 amide bonds. The molecule has 0 aliphatic carbocycles. The van der Waals surface area contributed by atoms with Crippen LogP contribution in [0.5, 0.6) is 11.5 Å². The minimum atomic E-state index is -0.550. The summed E-state index contributed by atoms with van der Waals surface area (Å²) in [6.45, 7) is 0.203. The van der Waals surface area contributed by atoms with E-state index >= 15 is 0 Å². The molecule has 1 N–H and O–H groups in total. The van der Waals surface area contributed by atoms with Gasteiger partial charge in [-0.05, 0) is 75.2 Å². The Morgan fingerprint density at radius 3 is 2.68 bits per heavy atom. The highest BCUT2D eigenvalue weighted by Gasteiger charge is 2.36. The number of nitrogens with zero attached hydrogens (tertiary/aromatic N) is 3. The molecule has 0 atom stereocenters. The fourth-order valence-corrected chi connectivity index (χ4v) is 5.39. The number of fused-ring (bicyclic) bond motifs is 1. The van der Waals surface area contributed by atoms with E-state index in [0.29, 0.717) is 42.3 Å². The summed E-state index contributed by atoms with van der Waals surface area (Å²) in [7, 11) is 1.50. The third kappa shape index (κ3) is 5.18. The van der Waals surface area contributed by atoms with Gasteiger partial charge in [-0.25, -0.2) is 4.39 Å². The third-order valence-corrected chi connectivity index (χ3v) is 7.28. The van der Waals surface area contributed by atoms with Crippen LogP contribution >= 0.6 is 39.3 Å². The second-order valence-corrected chi connectivity index (χ2v) is 10.1. The first-order valence-electron chi connectivity index (χ1n) is 10.8. The second kappa shape index (κ2) is 10.5. The summed E-state index contributed by atoms with van der Waals surface area (Å²) in [5, 5.41) is 15.8. The molecule has 186 valence electrons. The van der Waals surface area contributed by atoms with Crippen LogP contribution in [-0.2, 0) is 11.4 Å². The van der Waals surface area contributed by atoms with Crippen LogP contribution in [0.1, 0.15) is 16.7 Å². The summed E-state index contributed by atoms with van der Waals surface area (Å²) in [5.74, 6) is -0.109. The van der Waals surface area contributed by atoms with E-state index in [-0.39, 0.29) is 23.8 Å². The fraction of sp³-hybridized carbons (Fsp3) is 0.0769. The quantitative estimate of drug-likeness (QED) is 0.327. The van der Waals surface area contributed by atoms with Gasteiger partial charge >= 0.3 is 0 Å². The Bertz CT molecular complexity index is 1520. The minimum absolute atomic E-state index is 0.0717. The van der Waals surface area contributed by atoms with Crippen molar-refractivity contribution in [1.29, 1.82) is 5.41 Å². The summed E-state index contributed by atoms with van der Waals surface area (Å²) in [6, 6.07) is 16.7. The molecule has 0 fully saturated rings. The maximum atomic E-state index is 13.2. The number of ether oxygens (including phenoxy) is 2. The van der Waals surface area contributed by atoms with Crippen molar-refractivity contribution in [1.82, 2.24) is 5.01 Å². The predicted molar refractivity (Wildman–Crippen MR) is 147 cm³/mol. The van der Waals surface area contributed by atoms with E-state index in [0.717, 1.165) is 5.56 Å². The molecular weight excluding hydrogens is 583 g/mol. The molecule has 11 heteroatoms. The number of rotatable bonds is 6. The molecule has 5 rings (SSSR count). The molecule has 37 heavy (non-hydrogen) atoms. The third-order valence-electron chi connectivity index (χ3n) is 5.42. The summed E-state index contributed by atoms with van der Waals surface area (Å²) in [5.41, 5.74) is 2.15. The molecule has 0 unspecified atom stereocenters. The zero-order valence-electron chi connectivity index (χ0n) is 19.2. The lowest BCUT2D eigenvalue weighted by Crippen LogP contribution is -2.35. The van der Waals surface area contributed by atoms with Gasteiger partial charge in [0.2, 0.25) is 5.17 Å². The van der Waals surface area contributed by atoms with Gasteiger partial charge in [0.15, 0.2) is 17.3 Å². The normalized spacial score (nSPS) is 16.0. The number of carbonyl (C=O) groups excluding carboxylic acids is 1. The van der Waals surface area contributed by atoms with Crippen molar-refractivity contribution in [3.8, 4) is 11.5 Å². The lowest BCUT2D eigenvalue weighted by Gasteiger charge is -2.20. The van der Waals surface area contributed by atoms with Crippen LogP contribution in [0, 0.1) is 11.2 Å². The fourth-order valence-electron chi connectivity index (χ4n) is 3.60. The highest BCUT2D eigenvalue weighted by molar-refractivity contribution is 9.10. The summed E-state index contributed by atoms with van der Waals surface area (Å²) >= 11 is 11.0. The van der Waals surface area contributed by atoms with Gasteiger partial charge in [-0.15, -0.1) is 0 Å². The predicted octanol–water partition coefficient (Wildman–Crippen LogP) is 6.50. The number of amidine groups is 2. The van der Waals surface area contributed by atoms with Crippen LogP contribution in [-0.4, -0.2) is 34.1 Å². The molecular formula is C26H17BrClFN4O3S. The molecule has 0 aromatic heterocycles. The van der Waals surface area contributed by atoms with Crippen molar-refractivity contribution in [2.24, 2.45) is 10.1 Å². The van der Waals surface area contributed by atoms with E-state index in [9.17, 15) is 9.18 Å². The van der Waals surface area contributed by atoms with Gasteiger partial charge in [0, 0.05) is 5.56 Å². The number of methoxy groups -OCH3 is 1. The van der Waals surface area contributed by atoms with E-state index in [1.807, 2.05) is 18.2 Å². The maximum Gasteiger partial charge on any atom is 0.283 e. The van der Waals surface area contributed by atoms with E-state index < -0.39 is 5.91 Å². The number of carbonyl (C=O) groups is 1. The molecule has 3 aromatic carbocycles. The van der Waals surface area contributed by atoms with Gasteiger partial charge in [-0.1, -0.05) is 41.9 Å². The first-order chi connectivity index (χ1) is 17.8. The molecule has 0 radical (unpaired) electrons. The molecule has 2 aliphatic heterocycles. The van der Waals surface area contributed by atoms with Crippen LogP contribution < -0.4 is 9.47 Å². The number of hydrogen-bond acceptors (Lipinski definition) is 6. The number of hydrogen-bond donors (Lipinski definition) is 1. The van der Waals surface area contributed by atoms with Gasteiger partial charge < -0.3 is 9.47 Å². The molecule has 0 bridgehead atoms. The van der Waals surface area contributed by atoms with Crippen LogP contribution in [0.4, 0.5) is 4.39 Å². The van der Waals surface area contributed by atoms with Gasteiger partial charge in [-0.3, -0.25) is 10.2 Å². The first kappa shape index (κ1) is 25.2. The molecule has 7 nitrogen and oxygen atoms in total. The van der Waals surface area contributed by atoms with Crippen molar-refractivity contribution < 1.29 is 18.7 Å². The van der Waals surface area contributed by atoms with E-state index in [2.05, 4.69) is 26.0 Å². The Labute approximate surface area is 229 Å². The monoisotopic (exact) mass is 598 g/mol. The summed E-state index contributed by atoms with van der Waals surface area (Å²) in [6.07, 6.45) is 1.55. The van der Waals surface area contributed by atoms with Crippen molar-refractivity contribution >= 4 is 67.3 Å². The zero-order chi connectivity index (χ0) is 26.1. The van der Waals surface area contributed by atoms with Crippen molar-refractivity contribution in [3.63, 3.8) is 0 Å². The molecule has 0 saturated carbocycles. The van der Waals surface area contributed by atoms with Crippen molar-refractivity contribution in [2.45, 2.75) is 6.61 Å². The summed E-state index contributed by atoms with van der Waals surface area (Å²) < 4.78 is 25.2. The number of aliphatic imine (C=N–C) groups is 1. The van der Waals surface area contributed by atoms with E-state index in [1.54, 1.807) is 36.4 Å². The van der Waals surface area contributed by atoms with Gasteiger partial charge in [0.05, 0.1) is 22.2 Å². The van der Waals surface area contributed by atoms with Crippen LogP contribution in [0.25, 0.3) is 6.08 Å². The first-order valence-corrected chi connectivity index (χ1v) is 12.8. The van der Waals surface area contributed by atoms with Gasteiger partial charge in [-0.2, -0.15) is 15.1 Å². The maximum absolute atomic E-state index is 13.2. The Balaban J connectivity index is 1.41. The van der Waals surface area contributed by atoms with E-state index in [1.165, 1.54) is 36.0 Å². The van der Waals surface area contributed by atoms with Gasteiger partial charge in [0.1, 0.15) is 17.5 Å². The summed E-state index contributed by atoms with van der Waals surface area (Å²) in [4.78, 5) is 17.0. The molecule has 0 saturated heterocycles. The zero-order valence-corrected chi connectivity index (χ0v) is 22.3. The minimum Gasteiger partial charge on any atom is -0.493 e. The molecule has 0 spiro atoms. The van der Waals surface area contributed by atoms with Crippen molar-refractivity contribution in [2.75, 3.05) is 7.11 Å². The average molecular weight is 600 g/mol. The Morgan fingerprint density at radius 1 is 1.19 bits per heavy atom. The topological polar surface area (TPSA) is 87.3 Å². The SMILES string of the molecule is COc1cc(/C=C2/C(=N)N3N=C(c4ccccc4Cl)SC3=NC2=O)cc(Br)c1OCc1ccc(F)cc1. The number of thioether (sulfide) groups is 1. The highest BCUT2D eigenvalue weighted by Crippen LogP contribution is 2.39. The van der Waals surface area contributed by atoms with E-state index in [4.69, 9.17) is 26.5 Å². The van der Waals surface area contributed by atoms with Crippen molar-refractivity contribution in [3.05, 3.63) is 98.2 Å². The Kier molecular flexibility index (Phi) is 7.14. The number of hydrazone groups is 1. The van der Waals surface area contributed by atoms with Crippen LogP contribution in [0.15, 0.2) is 80.8 Å². The van der Waals surface area contributed by atoms with Gasteiger partial charge in [0.25, 0.3) is 5.91 Å². The molecule has 2 heterocycles. The number of halogens is 3. The molecule has 3 aromatic rings. The largest absolute Gasteiger partial charge is 0.493 e. The average Bonchev–Trinajstić information content (AvgIpc) is 3.30. The standard InChI is InChI=1S/C26H17BrClFN4O3S/c1-35-21-12-15(11-19(27)22(21)36-13-14-6-8-16(29)9-7-14)10-18-23(30)33-26(31-24(18)34)37-25(32-33)17-4-2-3-5-20(17)28/h2-12,30H,13H2,1H3/b18-10-,30-23?. The lowest BCUT2D eigenvalue weighted by atomic mass is 10.1. The number of amides is 1. The van der Waals surface area contributed by atoms with Crippen LogP contribution in [0.3, 0.4) is 0 Å². The lowest BCUT2D eigenvalue weighted by molar-refractivity contribution is -0.114.